The fourth-order valence-corrected chi connectivity index (χ4v) is 3.24. The molecule has 0 aliphatic rings. The number of benzene rings is 2. The highest BCUT2D eigenvalue weighted by atomic mass is 16.5. The molecule has 0 bridgehead atoms. The molecule has 9 nitrogen and oxygen atoms in total. The lowest BCUT2D eigenvalue weighted by molar-refractivity contribution is -0.120. The topological polar surface area (TPSA) is 108 Å². The van der Waals surface area contributed by atoms with Crippen LogP contribution < -0.4 is 29.6 Å². The van der Waals surface area contributed by atoms with Crippen LogP contribution in [0.5, 0.6) is 28.9 Å². The zero-order valence-corrected chi connectivity index (χ0v) is 20.4. The van der Waals surface area contributed by atoms with E-state index in [-0.39, 0.29) is 24.6 Å². The van der Waals surface area contributed by atoms with Gasteiger partial charge in [0, 0.05) is 24.4 Å². The van der Waals surface area contributed by atoms with E-state index in [1.165, 1.54) is 33.5 Å². The number of aromatic nitrogens is 1. The molecule has 0 saturated carbocycles. The number of nitrogens with zero attached hydrogens (tertiary/aromatic N) is 1. The van der Waals surface area contributed by atoms with Crippen LogP contribution in [-0.2, 0) is 11.3 Å². The van der Waals surface area contributed by atoms with E-state index in [4.69, 9.17) is 18.9 Å². The summed E-state index contributed by atoms with van der Waals surface area (Å²) in [4.78, 5) is 29.1. The van der Waals surface area contributed by atoms with Crippen LogP contribution in [0.2, 0.25) is 0 Å². The summed E-state index contributed by atoms with van der Waals surface area (Å²) >= 11 is 0. The minimum absolute atomic E-state index is 0.198. The number of aryl methyl sites for hydroxylation is 2. The van der Waals surface area contributed by atoms with Crippen LogP contribution in [-0.4, -0.2) is 44.7 Å². The van der Waals surface area contributed by atoms with Crippen molar-refractivity contribution < 1.29 is 28.5 Å². The zero-order valence-electron chi connectivity index (χ0n) is 20.4. The van der Waals surface area contributed by atoms with Gasteiger partial charge in [-0.15, -0.1) is 0 Å². The number of carbonyl (C=O) groups is 2. The highest BCUT2D eigenvalue weighted by Gasteiger charge is 2.17. The zero-order chi connectivity index (χ0) is 25.4. The van der Waals surface area contributed by atoms with Crippen molar-refractivity contribution in [1.82, 2.24) is 15.6 Å². The normalized spacial score (nSPS) is 10.3. The Morgan fingerprint density at radius 1 is 0.857 bits per heavy atom. The molecule has 2 N–H and O–H groups in total. The first-order valence-corrected chi connectivity index (χ1v) is 10.9. The van der Waals surface area contributed by atoms with Gasteiger partial charge >= 0.3 is 0 Å². The molecule has 35 heavy (non-hydrogen) atoms. The number of amides is 2. The molecule has 0 spiro atoms. The smallest absolute Gasteiger partial charge is 0.251 e. The van der Waals surface area contributed by atoms with E-state index in [9.17, 15) is 9.59 Å². The van der Waals surface area contributed by atoms with Gasteiger partial charge in [-0.3, -0.25) is 9.59 Å². The van der Waals surface area contributed by atoms with Crippen molar-refractivity contribution in [1.29, 1.82) is 0 Å². The molecule has 3 rings (SSSR count). The van der Waals surface area contributed by atoms with Gasteiger partial charge in [-0.25, -0.2) is 4.98 Å². The van der Waals surface area contributed by atoms with Gasteiger partial charge in [0.25, 0.3) is 5.91 Å². The van der Waals surface area contributed by atoms with Crippen LogP contribution in [0, 0.1) is 13.8 Å². The Kier molecular flexibility index (Phi) is 8.50. The molecule has 0 radical (unpaired) electrons. The van der Waals surface area contributed by atoms with Crippen LogP contribution >= 0.6 is 0 Å². The second-order valence-corrected chi connectivity index (χ2v) is 7.75. The molecule has 3 aromatic rings. The van der Waals surface area contributed by atoms with E-state index in [0.717, 1.165) is 22.4 Å². The molecule has 1 aromatic heterocycles. The molecule has 0 aliphatic heterocycles. The van der Waals surface area contributed by atoms with Crippen molar-refractivity contribution in [3.05, 3.63) is 70.9 Å². The molecule has 0 atom stereocenters. The van der Waals surface area contributed by atoms with Gasteiger partial charge in [0.05, 0.1) is 27.9 Å². The Morgan fingerprint density at radius 3 is 2.17 bits per heavy atom. The summed E-state index contributed by atoms with van der Waals surface area (Å²) < 4.78 is 21.6. The SMILES string of the molecule is COc1cc(C(=O)NCC(=O)NCc2ccc(Oc3cc(C)ccc3C)nc2)cc(OC)c1OC. The first kappa shape index (κ1) is 25.4. The Morgan fingerprint density at radius 2 is 1.57 bits per heavy atom. The van der Waals surface area contributed by atoms with Crippen LogP contribution in [0.1, 0.15) is 27.0 Å². The van der Waals surface area contributed by atoms with E-state index in [1.54, 1.807) is 12.3 Å². The molecule has 0 aliphatic carbocycles. The second-order valence-electron chi connectivity index (χ2n) is 7.75. The summed E-state index contributed by atoms with van der Waals surface area (Å²) in [5.41, 5.74) is 3.18. The number of methoxy groups -OCH3 is 3. The first-order chi connectivity index (χ1) is 16.8. The molecule has 9 heteroatoms. The van der Waals surface area contributed by atoms with E-state index < -0.39 is 5.91 Å². The van der Waals surface area contributed by atoms with Gasteiger partial charge < -0.3 is 29.6 Å². The van der Waals surface area contributed by atoms with Crippen molar-refractivity contribution in [2.45, 2.75) is 20.4 Å². The van der Waals surface area contributed by atoms with Crippen LogP contribution in [0.3, 0.4) is 0 Å². The Bertz CT molecular complexity index is 1170. The summed E-state index contributed by atoms with van der Waals surface area (Å²) in [5, 5.41) is 5.33. The van der Waals surface area contributed by atoms with E-state index in [2.05, 4.69) is 15.6 Å². The van der Waals surface area contributed by atoms with Gasteiger partial charge in [-0.05, 0) is 48.7 Å². The number of rotatable bonds is 10. The number of hydrogen-bond donors (Lipinski definition) is 2. The molecule has 0 unspecified atom stereocenters. The van der Waals surface area contributed by atoms with E-state index >= 15 is 0 Å². The highest BCUT2D eigenvalue weighted by molar-refractivity contribution is 5.97. The summed E-state index contributed by atoms with van der Waals surface area (Å²) in [6, 6.07) is 12.6. The maximum absolute atomic E-state index is 12.5. The first-order valence-electron chi connectivity index (χ1n) is 10.9. The minimum atomic E-state index is -0.450. The van der Waals surface area contributed by atoms with Gasteiger partial charge in [-0.1, -0.05) is 18.2 Å². The Balaban J connectivity index is 1.51. The number of pyridine rings is 1. The Labute approximate surface area is 204 Å². The maximum Gasteiger partial charge on any atom is 0.251 e. The Hall–Kier alpha value is -4.27. The largest absolute Gasteiger partial charge is 0.493 e. The molecule has 0 saturated heterocycles. The average Bonchev–Trinajstić information content (AvgIpc) is 2.87. The third-order valence-electron chi connectivity index (χ3n) is 5.18. The fraction of sp³-hybridized carbons (Fsp3) is 0.269. The predicted octanol–water partition coefficient (Wildman–Crippen LogP) is 3.56. The third kappa shape index (κ3) is 6.63. The van der Waals surface area contributed by atoms with Gasteiger partial charge in [-0.2, -0.15) is 0 Å². The van der Waals surface area contributed by atoms with Gasteiger partial charge in [0.2, 0.25) is 17.5 Å². The van der Waals surface area contributed by atoms with Crippen molar-refractivity contribution >= 4 is 11.8 Å². The van der Waals surface area contributed by atoms with E-state index in [1.807, 2.05) is 38.1 Å². The quantitative estimate of drug-likeness (QED) is 0.458. The van der Waals surface area contributed by atoms with Crippen molar-refractivity contribution in [2.75, 3.05) is 27.9 Å². The second kappa shape index (κ2) is 11.7. The highest BCUT2D eigenvalue weighted by Crippen LogP contribution is 2.38. The molecular formula is C26H29N3O6. The van der Waals surface area contributed by atoms with Crippen molar-refractivity contribution in [3.8, 4) is 28.9 Å². The lowest BCUT2D eigenvalue weighted by Gasteiger charge is -2.14. The summed E-state index contributed by atoms with van der Waals surface area (Å²) in [6.07, 6.45) is 1.63. The lowest BCUT2D eigenvalue weighted by atomic mass is 10.1. The average molecular weight is 480 g/mol. The monoisotopic (exact) mass is 479 g/mol. The van der Waals surface area contributed by atoms with Gasteiger partial charge in [0.1, 0.15) is 5.75 Å². The predicted molar refractivity (Wildman–Crippen MR) is 131 cm³/mol. The number of ether oxygens (including phenoxy) is 4. The minimum Gasteiger partial charge on any atom is -0.493 e. The van der Waals surface area contributed by atoms with E-state index in [0.29, 0.717) is 23.1 Å². The summed E-state index contributed by atoms with van der Waals surface area (Å²) in [7, 11) is 4.40. The number of carbonyl (C=O) groups excluding carboxylic acids is 2. The number of nitrogens with one attached hydrogen (secondary N) is 2. The third-order valence-corrected chi connectivity index (χ3v) is 5.18. The van der Waals surface area contributed by atoms with Crippen molar-refractivity contribution in [2.24, 2.45) is 0 Å². The number of hydrogen-bond acceptors (Lipinski definition) is 7. The maximum atomic E-state index is 12.5. The molecular weight excluding hydrogens is 450 g/mol. The molecule has 2 amide bonds. The van der Waals surface area contributed by atoms with Crippen LogP contribution in [0.4, 0.5) is 0 Å². The molecule has 2 aromatic carbocycles. The molecule has 0 fully saturated rings. The molecule has 184 valence electrons. The van der Waals surface area contributed by atoms with Crippen LogP contribution in [0.25, 0.3) is 0 Å². The lowest BCUT2D eigenvalue weighted by Crippen LogP contribution is -2.36. The van der Waals surface area contributed by atoms with Gasteiger partial charge in [0.15, 0.2) is 11.5 Å². The van der Waals surface area contributed by atoms with Crippen molar-refractivity contribution in [3.63, 3.8) is 0 Å². The fourth-order valence-electron chi connectivity index (χ4n) is 3.24. The van der Waals surface area contributed by atoms with Crippen LogP contribution in [0.15, 0.2) is 48.7 Å². The molecule has 1 heterocycles. The standard InChI is InChI=1S/C26H29N3O6/c1-16-6-7-17(2)20(10-16)35-24-9-8-18(14-28-24)13-27-23(30)15-29-26(31)19-11-21(32-3)25(34-5)22(12-19)33-4/h6-12,14H,13,15H2,1-5H3,(H,27,30)(H,29,31). The summed E-state index contributed by atoms with van der Waals surface area (Å²) in [5.74, 6) is 1.49. The summed E-state index contributed by atoms with van der Waals surface area (Å²) in [6.45, 7) is 4.03.